The monoisotopic (exact) mass is 350 g/mol. The molecule has 8 nitrogen and oxygen atoms in total. The molecule has 0 saturated heterocycles. The fourth-order valence-corrected chi connectivity index (χ4v) is 3.47. The molecular weight excluding hydrogens is 332 g/mol. The molecule has 0 amide bonds. The van der Waals surface area contributed by atoms with Crippen molar-refractivity contribution in [3.8, 4) is 5.75 Å². The fourth-order valence-electron chi connectivity index (χ4n) is 1.46. The summed E-state index contributed by atoms with van der Waals surface area (Å²) < 4.78 is 56.8. The van der Waals surface area contributed by atoms with Crippen LogP contribution in [0.2, 0.25) is 0 Å². The Morgan fingerprint density at radius 3 is 2.23 bits per heavy atom. The zero-order valence-electron chi connectivity index (χ0n) is 12.2. The number of sulfonamides is 1. The van der Waals surface area contributed by atoms with Crippen molar-refractivity contribution >= 4 is 20.3 Å². The van der Waals surface area contributed by atoms with Gasteiger partial charge in [0.1, 0.15) is 5.75 Å². The highest BCUT2D eigenvalue weighted by molar-refractivity contribution is 7.90. The Morgan fingerprint density at radius 1 is 1.27 bits per heavy atom. The molecule has 2 N–H and O–H groups in total. The Kier molecular flexibility index (Phi) is 6.08. The number of nitrogens with zero attached hydrogens (tertiary/aromatic N) is 1. The second-order valence-electron chi connectivity index (χ2n) is 4.45. The van der Waals surface area contributed by atoms with Gasteiger partial charge in [0.25, 0.3) is 10.0 Å². The second kappa shape index (κ2) is 7.20. The largest absolute Gasteiger partial charge is 0.497 e. The van der Waals surface area contributed by atoms with Crippen molar-refractivity contribution in [2.75, 3.05) is 13.7 Å². The minimum absolute atomic E-state index is 0.159. The summed E-state index contributed by atoms with van der Waals surface area (Å²) in [5.41, 5.74) is 0. The molecule has 1 atom stereocenters. The van der Waals surface area contributed by atoms with Crippen LogP contribution >= 0.6 is 0 Å². The number of nitrogens with two attached hydrogens (primary N) is 1. The van der Waals surface area contributed by atoms with Gasteiger partial charge in [-0.25, -0.2) is 13.6 Å². The number of methoxy groups -OCH3 is 1. The van der Waals surface area contributed by atoms with Gasteiger partial charge in [-0.15, -0.1) is 10.9 Å². The Morgan fingerprint density at radius 2 is 1.82 bits per heavy atom. The summed E-state index contributed by atoms with van der Waals surface area (Å²) >= 11 is 0. The molecule has 124 valence electrons. The van der Waals surface area contributed by atoms with E-state index in [0.29, 0.717) is 10.2 Å². The number of ether oxygens (including phenoxy) is 1. The van der Waals surface area contributed by atoms with Crippen LogP contribution in [-0.2, 0) is 24.6 Å². The van der Waals surface area contributed by atoms with Crippen LogP contribution in [0.1, 0.15) is 6.92 Å². The van der Waals surface area contributed by atoms with E-state index in [1.54, 1.807) is 6.92 Å². The first kappa shape index (κ1) is 18.6. The molecule has 0 heterocycles. The molecule has 0 spiro atoms. The van der Waals surface area contributed by atoms with E-state index < -0.39 is 20.3 Å². The van der Waals surface area contributed by atoms with Gasteiger partial charge < -0.3 is 4.74 Å². The van der Waals surface area contributed by atoms with E-state index in [4.69, 9.17) is 9.88 Å². The quantitative estimate of drug-likeness (QED) is 0.543. The Balaban J connectivity index is 3.21. The third-order valence-electron chi connectivity index (χ3n) is 2.65. The predicted octanol–water partition coefficient (Wildman–Crippen LogP) is 0.643. The molecule has 22 heavy (non-hydrogen) atoms. The average Bonchev–Trinajstić information content (AvgIpc) is 2.45. The molecular formula is C12H18N2O6S2. The van der Waals surface area contributed by atoms with Gasteiger partial charge in [-0.05, 0) is 30.2 Å². The van der Waals surface area contributed by atoms with E-state index >= 15 is 0 Å². The molecule has 0 fully saturated rings. The topological polar surface area (TPSA) is 116 Å². The minimum Gasteiger partial charge on any atom is -0.497 e. The zero-order valence-corrected chi connectivity index (χ0v) is 13.8. The zero-order chi connectivity index (χ0) is 17.0. The standard InChI is InChI=1S/C12H18N2O6S2/c1-4-10(2)9-14(20-22(13,17)18)21(15,16)12-7-5-11(19-3)6-8-12/h4-8,10H,1,9H2,2-3H3,(H2,13,17,18). The molecule has 0 aliphatic rings. The summed E-state index contributed by atoms with van der Waals surface area (Å²) in [6, 6.07) is 5.40. The maximum Gasteiger partial charge on any atom is 0.350 e. The summed E-state index contributed by atoms with van der Waals surface area (Å²) in [6.07, 6.45) is 1.46. The first-order chi connectivity index (χ1) is 10.1. The van der Waals surface area contributed by atoms with Crippen molar-refractivity contribution in [3.05, 3.63) is 36.9 Å². The van der Waals surface area contributed by atoms with E-state index in [0.717, 1.165) is 0 Å². The normalized spacial score (nSPS) is 13.8. The Hall–Kier alpha value is -1.46. The van der Waals surface area contributed by atoms with Gasteiger partial charge in [0.05, 0.1) is 12.0 Å². The Bertz CT molecular complexity index is 712. The third kappa shape index (κ3) is 5.07. The van der Waals surface area contributed by atoms with Crippen LogP contribution in [0.25, 0.3) is 0 Å². The van der Waals surface area contributed by atoms with Gasteiger partial charge in [-0.2, -0.15) is 8.42 Å². The predicted molar refractivity (Wildman–Crippen MR) is 80.4 cm³/mol. The van der Waals surface area contributed by atoms with Crippen molar-refractivity contribution in [3.63, 3.8) is 0 Å². The Labute approximate surface area is 130 Å². The highest BCUT2D eigenvalue weighted by atomic mass is 32.2. The van der Waals surface area contributed by atoms with Crippen molar-refractivity contribution < 1.29 is 25.9 Å². The van der Waals surface area contributed by atoms with Crippen LogP contribution in [0.5, 0.6) is 5.75 Å². The molecule has 0 aromatic heterocycles. The smallest absolute Gasteiger partial charge is 0.350 e. The molecule has 10 heteroatoms. The summed E-state index contributed by atoms with van der Waals surface area (Å²) in [6.45, 7) is 4.91. The number of rotatable bonds is 8. The van der Waals surface area contributed by atoms with E-state index in [9.17, 15) is 16.8 Å². The SMILES string of the molecule is C=CC(C)CN(OS(N)(=O)=O)S(=O)(=O)c1ccc(OC)cc1. The van der Waals surface area contributed by atoms with E-state index in [-0.39, 0.29) is 17.4 Å². The van der Waals surface area contributed by atoms with Crippen LogP contribution in [-0.4, -0.2) is 35.0 Å². The van der Waals surface area contributed by atoms with Crippen molar-refractivity contribution in [2.24, 2.45) is 11.1 Å². The van der Waals surface area contributed by atoms with Crippen LogP contribution in [0, 0.1) is 5.92 Å². The van der Waals surface area contributed by atoms with Gasteiger partial charge in [-0.3, -0.25) is 0 Å². The fraction of sp³-hybridized carbons (Fsp3) is 0.333. The van der Waals surface area contributed by atoms with Crippen LogP contribution in [0.3, 0.4) is 0 Å². The molecule has 1 rings (SSSR count). The van der Waals surface area contributed by atoms with Crippen LogP contribution in [0.4, 0.5) is 0 Å². The van der Waals surface area contributed by atoms with Gasteiger partial charge >= 0.3 is 10.3 Å². The molecule has 0 saturated carbocycles. The van der Waals surface area contributed by atoms with Gasteiger partial charge in [0.2, 0.25) is 0 Å². The van der Waals surface area contributed by atoms with Gasteiger partial charge in [0, 0.05) is 6.54 Å². The average molecular weight is 350 g/mol. The third-order valence-corrected chi connectivity index (χ3v) is 4.76. The molecule has 1 aromatic rings. The van der Waals surface area contributed by atoms with E-state index in [1.807, 2.05) is 0 Å². The van der Waals surface area contributed by atoms with E-state index in [2.05, 4.69) is 10.9 Å². The van der Waals surface area contributed by atoms with Crippen molar-refractivity contribution in [2.45, 2.75) is 11.8 Å². The maximum atomic E-state index is 12.5. The van der Waals surface area contributed by atoms with Crippen LogP contribution in [0.15, 0.2) is 41.8 Å². The molecule has 0 radical (unpaired) electrons. The first-order valence-corrected chi connectivity index (χ1v) is 9.03. The number of hydroxylamine groups is 1. The van der Waals surface area contributed by atoms with Gasteiger partial charge in [0.15, 0.2) is 0 Å². The number of benzene rings is 1. The minimum atomic E-state index is -4.49. The summed E-state index contributed by atoms with van der Waals surface area (Å²) in [4.78, 5) is -0.159. The summed E-state index contributed by atoms with van der Waals surface area (Å²) in [5.74, 6) is 0.104. The highest BCUT2D eigenvalue weighted by Crippen LogP contribution is 2.21. The lowest BCUT2D eigenvalue weighted by molar-refractivity contribution is 0.0367. The maximum absolute atomic E-state index is 12.5. The van der Waals surface area contributed by atoms with Crippen molar-refractivity contribution in [1.29, 1.82) is 0 Å². The second-order valence-corrected chi connectivity index (χ2v) is 7.41. The van der Waals surface area contributed by atoms with E-state index in [1.165, 1.54) is 37.5 Å². The lowest BCUT2D eigenvalue weighted by Gasteiger charge is -2.21. The first-order valence-electron chi connectivity index (χ1n) is 6.12. The molecule has 0 aliphatic carbocycles. The lowest BCUT2D eigenvalue weighted by Crippen LogP contribution is -2.38. The molecule has 1 unspecified atom stereocenters. The molecule has 0 aliphatic heterocycles. The highest BCUT2D eigenvalue weighted by Gasteiger charge is 2.30. The van der Waals surface area contributed by atoms with Crippen molar-refractivity contribution in [1.82, 2.24) is 4.47 Å². The number of hydrogen-bond acceptors (Lipinski definition) is 6. The lowest BCUT2D eigenvalue weighted by atomic mass is 10.2. The summed E-state index contributed by atoms with van der Waals surface area (Å²) in [5, 5.41) is 4.77. The molecule has 0 bridgehead atoms. The summed E-state index contributed by atoms with van der Waals surface area (Å²) in [7, 11) is -7.27. The van der Waals surface area contributed by atoms with Crippen LogP contribution < -0.4 is 9.88 Å². The molecule has 1 aromatic carbocycles. The number of hydrogen-bond donors (Lipinski definition) is 1. The van der Waals surface area contributed by atoms with Gasteiger partial charge in [-0.1, -0.05) is 17.5 Å².